The predicted octanol–water partition coefficient (Wildman–Crippen LogP) is 2.65. The highest BCUT2D eigenvalue weighted by atomic mass is 32.2. The maximum atomic E-state index is 12.4. The van der Waals surface area contributed by atoms with Gasteiger partial charge in [0.15, 0.2) is 0 Å². The molecule has 1 saturated carbocycles. The number of thioether (sulfide) groups is 1. The van der Waals surface area contributed by atoms with E-state index in [1.54, 1.807) is 6.92 Å². The van der Waals surface area contributed by atoms with Crippen molar-refractivity contribution in [1.82, 2.24) is 5.32 Å². The Hall–Kier alpha value is -1.00. The lowest BCUT2D eigenvalue weighted by atomic mass is 9.92. The summed E-state index contributed by atoms with van der Waals surface area (Å²) < 4.78 is 0. The van der Waals surface area contributed by atoms with E-state index in [4.69, 9.17) is 5.73 Å². The zero-order valence-electron chi connectivity index (χ0n) is 12.3. The normalized spacial score (nSPS) is 25.1. The second kappa shape index (κ2) is 6.64. The summed E-state index contributed by atoms with van der Waals surface area (Å²) in [7, 11) is 0. The molecule has 0 aromatic heterocycles. The van der Waals surface area contributed by atoms with E-state index in [1.807, 2.05) is 42.1 Å². The zero-order chi connectivity index (χ0) is 14.6. The van der Waals surface area contributed by atoms with Gasteiger partial charge in [0.25, 0.3) is 0 Å². The third-order valence-corrected chi connectivity index (χ3v) is 5.20. The van der Waals surface area contributed by atoms with Crippen molar-refractivity contribution in [3.8, 4) is 0 Å². The van der Waals surface area contributed by atoms with E-state index >= 15 is 0 Å². The molecular weight excluding hydrogens is 268 g/mol. The molecule has 0 radical (unpaired) electrons. The SMILES string of the molecule is CCSC1CCC(NC(=O)C(C)(N)c2ccccc2)C1. The maximum Gasteiger partial charge on any atom is 0.244 e. The van der Waals surface area contributed by atoms with Crippen LogP contribution < -0.4 is 11.1 Å². The zero-order valence-corrected chi connectivity index (χ0v) is 13.1. The number of carbonyl (C=O) groups is 1. The van der Waals surface area contributed by atoms with Crippen molar-refractivity contribution in [2.75, 3.05) is 5.75 Å². The van der Waals surface area contributed by atoms with Crippen molar-refractivity contribution in [3.63, 3.8) is 0 Å². The topological polar surface area (TPSA) is 55.1 Å². The van der Waals surface area contributed by atoms with Crippen molar-refractivity contribution in [1.29, 1.82) is 0 Å². The number of carbonyl (C=O) groups excluding carboxylic acids is 1. The first kappa shape index (κ1) is 15.4. The van der Waals surface area contributed by atoms with Gasteiger partial charge in [-0.1, -0.05) is 37.3 Å². The number of amides is 1. The molecule has 1 aromatic rings. The lowest BCUT2D eigenvalue weighted by molar-refractivity contribution is -0.126. The van der Waals surface area contributed by atoms with Crippen molar-refractivity contribution in [2.24, 2.45) is 5.73 Å². The molecule has 1 amide bonds. The fourth-order valence-electron chi connectivity index (χ4n) is 2.71. The van der Waals surface area contributed by atoms with Gasteiger partial charge in [0.05, 0.1) is 0 Å². The highest BCUT2D eigenvalue weighted by molar-refractivity contribution is 7.99. The van der Waals surface area contributed by atoms with E-state index in [1.165, 1.54) is 6.42 Å². The fourth-order valence-corrected chi connectivity index (χ4v) is 3.85. The summed E-state index contributed by atoms with van der Waals surface area (Å²) in [5.74, 6) is 1.07. The Kier molecular flexibility index (Phi) is 5.11. The molecule has 1 fully saturated rings. The largest absolute Gasteiger partial charge is 0.351 e. The van der Waals surface area contributed by atoms with Gasteiger partial charge in [0, 0.05) is 11.3 Å². The monoisotopic (exact) mass is 292 g/mol. The van der Waals surface area contributed by atoms with Gasteiger partial charge >= 0.3 is 0 Å². The molecule has 110 valence electrons. The standard InChI is InChI=1S/C16H24N2OS/c1-3-20-14-10-9-13(11-14)18-15(19)16(2,17)12-7-5-4-6-8-12/h4-8,13-14H,3,9-11,17H2,1-2H3,(H,18,19). The van der Waals surface area contributed by atoms with Crippen LogP contribution in [0.4, 0.5) is 0 Å². The molecule has 0 aliphatic heterocycles. The second-order valence-electron chi connectivity index (χ2n) is 5.63. The van der Waals surface area contributed by atoms with Crippen LogP contribution >= 0.6 is 11.8 Å². The van der Waals surface area contributed by atoms with Gasteiger partial charge in [-0.3, -0.25) is 4.79 Å². The molecule has 4 heteroatoms. The van der Waals surface area contributed by atoms with E-state index in [2.05, 4.69) is 12.2 Å². The Morgan fingerprint density at radius 1 is 1.40 bits per heavy atom. The summed E-state index contributed by atoms with van der Waals surface area (Å²) in [5.41, 5.74) is 6.13. The average Bonchev–Trinajstić information content (AvgIpc) is 2.87. The van der Waals surface area contributed by atoms with Gasteiger partial charge in [-0.05, 0) is 37.5 Å². The van der Waals surface area contributed by atoms with Crippen LogP contribution in [0.1, 0.15) is 38.7 Å². The van der Waals surface area contributed by atoms with Crippen molar-refractivity contribution in [3.05, 3.63) is 35.9 Å². The fraction of sp³-hybridized carbons (Fsp3) is 0.562. The first-order chi connectivity index (χ1) is 9.54. The molecule has 20 heavy (non-hydrogen) atoms. The minimum Gasteiger partial charge on any atom is -0.351 e. The molecule has 1 aliphatic rings. The van der Waals surface area contributed by atoms with Crippen LogP contribution in [0.2, 0.25) is 0 Å². The van der Waals surface area contributed by atoms with E-state index in [-0.39, 0.29) is 11.9 Å². The van der Waals surface area contributed by atoms with E-state index < -0.39 is 5.54 Å². The van der Waals surface area contributed by atoms with Gasteiger partial charge < -0.3 is 11.1 Å². The van der Waals surface area contributed by atoms with Crippen LogP contribution in [-0.4, -0.2) is 23.0 Å². The Morgan fingerprint density at radius 3 is 2.75 bits per heavy atom. The lowest BCUT2D eigenvalue weighted by Gasteiger charge is -2.26. The van der Waals surface area contributed by atoms with E-state index in [9.17, 15) is 4.79 Å². The third-order valence-electron chi connectivity index (χ3n) is 3.97. The quantitative estimate of drug-likeness (QED) is 0.877. The molecule has 3 N–H and O–H groups in total. The summed E-state index contributed by atoms with van der Waals surface area (Å²) in [5, 5.41) is 3.81. The molecule has 3 atom stereocenters. The first-order valence-corrected chi connectivity index (χ1v) is 8.36. The summed E-state index contributed by atoms with van der Waals surface area (Å²) in [6.07, 6.45) is 3.32. The van der Waals surface area contributed by atoms with Crippen LogP contribution in [0, 0.1) is 0 Å². The number of hydrogen-bond donors (Lipinski definition) is 2. The molecule has 3 unspecified atom stereocenters. The molecule has 3 nitrogen and oxygen atoms in total. The number of nitrogens with one attached hydrogen (secondary N) is 1. The molecule has 0 saturated heterocycles. The molecule has 0 spiro atoms. The molecule has 0 bridgehead atoms. The van der Waals surface area contributed by atoms with Gasteiger partial charge in [0.2, 0.25) is 5.91 Å². The van der Waals surface area contributed by atoms with Crippen LogP contribution in [0.25, 0.3) is 0 Å². The van der Waals surface area contributed by atoms with Crippen molar-refractivity contribution < 1.29 is 4.79 Å². The first-order valence-electron chi connectivity index (χ1n) is 7.31. The lowest BCUT2D eigenvalue weighted by Crippen LogP contribution is -2.51. The van der Waals surface area contributed by atoms with E-state index in [0.29, 0.717) is 5.25 Å². The van der Waals surface area contributed by atoms with Crippen LogP contribution in [0.5, 0.6) is 0 Å². The molecule has 0 heterocycles. The minimum atomic E-state index is -0.961. The second-order valence-corrected chi connectivity index (χ2v) is 7.21. The molecule has 2 rings (SSSR count). The number of benzene rings is 1. The van der Waals surface area contributed by atoms with Gasteiger partial charge in [-0.2, -0.15) is 11.8 Å². The maximum absolute atomic E-state index is 12.4. The highest BCUT2D eigenvalue weighted by Crippen LogP contribution is 2.30. The van der Waals surface area contributed by atoms with Crippen molar-refractivity contribution in [2.45, 2.75) is 49.9 Å². The predicted molar refractivity (Wildman–Crippen MR) is 85.7 cm³/mol. The van der Waals surface area contributed by atoms with Gasteiger partial charge in [0.1, 0.15) is 5.54 Å². The van der Waals surface area contributed by atoms with E-state index in [0.717, 1.165) is 24.2 Å². The molecule has 1 aromatic carbocycles. The molecular formula is C16H24N2OS. The van der Waals surface area contributed by atoms with Crippen LogP contribution in [-0.2, 0) is 10.3 Å². The third kappa shape index (κ3) is 3.55. The molecule has 1 aliphatic carbocycles. The smallest absolute Gasteiger partial charge is 0.244 e. The summed E-state index contributed by atoms with van der Waals surface area (Å²) in [6, 6.07) is 9.85. The summed E-state index contributed by atoms with van der Waals surface area (Å²) >= 11 is 1.99. The van der Waals surface area contributed by atoms with Crippen molar-refractivity contribution >= 4 is 17.7 Å². The van der Waals surface area contributed by atoms with Gasteiger partial charge in [-0.15, -0.1) is 0 Å². The summed E-state index contributed by atoms with van der Waals surface area (Å²) in [4.78, 5) is 12.4. The Bertz CT molecular complexity index is 447. The highest BCUT2D eigenvalue weighted by Gasteiger charge is 2.34. The average molecular weight is 292 g/mol. The number of hydrogen-bond acceptors (Lipinski definition) is 3. The summed E-state index contributed by atoms with van der Waals surface area (Å²) in [6.45, 7) is 3.97. The minimum absolute atomic E-state index is 0.0733. The Balaban J connectivity index is 1.95. The Labute approximate surface area is 125 Å². The number of nitrogens with two attached hydrogens (primary N) is 1. The Morgan fingerprint density at radius 2 is 2.10 bits per heavy atom. The number of rotatable bonds is 5. The van der Waals surface area contributed by atoms with Gasteiger partial charge in [-0.25, -0.2) is 0 Å². The van der Waals surface area contributed by atoms with Crippen LogP contribution in [0.15, 0.2) is 30.3 Å². The van der Waals surface area contributed by atoms with Crippen LogP contribution in [0.3, 0.4) is 0 Å².